The first-order valence-electron chi connectivity index (χ1n) is 5.82. The number of rotatable bonds is 12. The molecule has 0 radical (unpaired) electrons. The summed E-state index contributed by atoms with van der Waals surface area (Å²) in [5, 5.41) is 0. The fraction of sp³-hybridized carbons (Fsp3) is 1.00. The maximum atomic E-state index is 5.32. The summed E-state index contributed by atoms with van der Waals surface area (Å²) >= 11 is 0. The Labute approximate surface area is 98.2 Å². The highest BCUT2D eigenvalue weighted by atomic mass is 16.6. The van der Waals surface area contributed by atoms with Gasteiger partial charge in [-0.3, -0.25) is 0 Å². The van der Waals surface area contributed by atoms with Crippen LogP contribution in [-0.2, 0) is 18.9 Å². The number of hydrogen-bond donors (Lipinski definition) is 1. The van der Waals surface area contributed by atoms with E-state index in [-0.39, 0.29) is 6.10 Å². The molecule has 0 aliphatic carbocycles. The van der Waals surface area contributed by atoms with Crippen molar-refractivity contribution in [3.8, 4) is 0 Å². The molecule has 0 aliphatic heterocycles. The Hall–Kier alpha value is -0.200. The predicted octanol–water partition coefficient (Wildman–Crippen LogP) is 0.420. The van der Waals surface area contributed by atoms with E-state index in [0.717, 1.165) is 0 Å². The van der Waals surface area contributed by atoms with Crippen LogP contribution in [0.15, 0.2) is 0 Å². The summed E-state index contributed by atoms with van der Waals surface area (Å²) in [6.07, 6.45) is 0.263. The van der Waals surface area contributed by atoms with Crippen molar-refractivity contribution in [2.24, 2.45) is 5.73 Å². The van der Waals surface area contributed by atoms with E-state index in [0.29, 0.717) is 52.8 Å². The molecule has 0 unspecified atom stereocenters. The third-order valence-corrected chi connectivity index (χ3v) is 1.69. The highest BCUT2D eigenvalue weighted by Crippen LogP contribution is 1.87. The van der Waals surface area contributed by atoms with Crippen LogP contribution in [0.3, 0.4) is 0 Å². The molecule has 98 valence electrons. The molecule has 0 rings (SSSR count). The van der Waals surface area contributed by atoms with Crippen LogP contribution >= 0.6 is 0 Å². The van der Waals surface area contributed by atoms with Crippen molar-refractivity contribution < 1.29 is 18.9 Å². The first-order valence-corrected chi connectivity index (χ1v) is 5.82. The molecule has 0 aromatic heterocycles. The lowest BCUT2D eigenvalue weighted by Crippen LogP contribution is -2.15. The summed E-state index contributed by atoms with van der Waals surface area (Å²) in [4.78, 5) is 0. The lowest BCUT2D eigenvalue weighted by atomic mass is 10.5. The standard InChI is InChI=1S/C11H25NO4/c1-11(2)16-10-9-15-8-7-14-6-5-13-4-3-12/h11H,3-10,12H2,1-2H3. The van der Waals surface area contributed by atoms with Crippen molar-refractivity contribution in [1.82, 2.24) is 0 Å². The first kappa shape index (κ1) is 15.8. The molecule has 0 saturated heterocycles. The Kier molecular flexibility index (Phi) is 12.7. The zero-order chi connectivity index (χ0) is 12.1. The van der Waals surface area contributed by atoms with Crippen LogP contribution in [-0.4, -0.2) is 58.9 Å². The third-order valence-electron chi connectivity index (χ3n) is 1.69. The van der Waals surface area contributed by atoms with Gasteiger partial charge in [-0.2, -0.15) is 0 Å². The fourth-order valence-corrected chi connectivity index (χ4v) is 0.968. The van der Waals surface area contributed by atoms with Gasteiger partial charge in [0.2, 0.25) is 0 Å². The Morgan fingerprint density at radius 1 is 0.750 bits per heavy atom. The molecule has 0 aromatic carbocycles. The highest BCUT2D eigenvalue weighted by molar-refractivity contribution is 4.38. The molecule has 0 spiro atoms. The summed E-state index contributed by atoms with van der Waals surface area (Å²) in [7, 11) is 0. The maximum Gasteiger partial charge on any atom is 0.0703 e. The number of ether oxygens (including phenoxy) is 4. The van der Waals surface area contributed by atoms with E-state index in [4.69, 9.17) is 24.7 Å². The van der Waals surface area contributed by atoms with E-state index >= 15 is 0 Å². The van der Waals surface area contributed by atoms with E-state index in [1.54, 1.807) is 0 Å². The molecule has 5 nitrogen and oxygen atoms in total. The number of nitrogens with two attached hydrogens (primary N) is 1. The van der Waals surface area contributed by atoms with Gasteiger partial charge >= 0.3 is 0 Å². The Morgan fingerprint density at radius 2 is 1.19 bits per heavy atom. The minimum atomic E-state index is 0.263. The molecule has 0 atom stereocenters. The first-order chi connectivity index (χ1) is 7.77. The minimum absolute atomic E-state index is 0.263. The fourth-order valence-electron chi connectivity index (χ4n) is 0.968. The van der Waals surface area contributed by atoms with Crippen LogP contribution in [0.4, 0.5) is 0 Å². The second-order valence-electron chi connectivity index (χ2n) is 3.55. The Balaban J connectivity index is 2.88. The van der Waals surface area contributed by atoms with Crippen molar-refractivity contribution in [2.75, 3.05) is 52.8 Å². The van der Waals surface area contributed by atoms with Crippen molar-refractivity contribution in [3.63, 3.8) is 0 Å². The molecule has 0 aromatic rings. The maximum absolute atomic E-state index is 5.32. The van der Waals surface area contributed by atoms with Gasteiger partial charge in [0, 0.05) is 6.54 Å². The van der Waals surface area contributed by atoms with Crippen LogP contribution in [0.25, 0.3) is 0 Å². The molecule has 0 bridgehead atoms. The van der Waals surface area contributed by atoms with Crippen molar-refractivity contribution >= 4 is 0 Å². The molecule has 0 fully saturated rings. The summed E-state index contributed by atoms with van der Waals surface area (Å²) in [5.74, 6) is 0. The zero-order valence-corrected chi connectivity index (χ0v) is 10.4. The zero-order valence-electron chi connectivity index (χ0n) is 10.4. The molecule has 2 N–H and O–H groups in total. The largest absolute Gasteiger partial charge is 0.378 e. The summed E-state index contributed by atoms with van der Waals surface area (Å²) in [5.41, 5.74) is 5.26. The van der Waals surface area contributed by atoms with Gasteiger partial charge in [0.15, 0.2) is 0 Å². The van der Waals surface area contributed by atoms with Gasteiger partial charge in [-0.05, 0) is 13.8 Å². The molecule has 5 heteroatoms. The average Bonchev–Trinajstić information content (AvgIpc) is 2.25. The minimum Gasteiger partial charge on any atom is -0.378 e. The molecular weight excluding hydrogens is 210 g/mol. The van der Waals surface area contributed by atoms with Crippen LogP contribution in [0.2, 0.25) is 0 Å². The molecular formula is C11H25NO4. The van der Waals surface area contributed by atoms with Crippen molar-refractivity contribution in [1.29, 1.82) is 0 Å². The molecule has 0 heterocycles. The molecule has 16 heavy (non-hydrogen) atoms. The normalized spacial score (nSPS) is 11.2. The summed E-state index contributed by atoms with van der Waals surface area (Å²) in [6, 6.07) is 0. The second-order valence-corrected chi connectivity index (χ2v) is 3.55. The van der Waals surface area contributed by atoms with Crippen molar-refractivity contribution in [2.45, 2.75) is 20.0 Å². The quantitative estimate of drug-likeness (QED) is 0.497. The van der Waals surface area contributed by atoms with Gasteiger partial charge in [-0.1, -0.05) is 0 Å². The molecule has 0 amide bonds. The Bertz CT molecular complexity index is 133. The molecule has 0 saturated carbocycles. The van der Waals surface area contributed by atoms with Crippen LogP contribution in [0.1, 0.15) is 13.8 Å². The van der Waals surface area contributed by atoms with Gasteiger partial charge < -0.3 is 24.7 Å². The smallest absolute Gasteiger partial charge is 0.0703 e. The van der Waals surface area contributed by atoms with Gasteiger partial charge in [0.25, 0.3) is 0 Å². The van der Waals surface area contributed by atoms with Crippen LogP contribution < -0.4 is 5.73 Å². The van der Waals surface area contributed by atoms with E-state index in [9.17, 15) is 0 Å². The lowest BCUT2D eigenvalue weighted by Gasteiger charge is -2.08. The lowest BCUT2D eigenvalue weighted by molar-refractivity contribution is -0.0112. The monoisotopic (exact) mass is 235 g/mol. The number of hydrogen-bond acceptors (Lipinski definition) is 5. The van der Waals surface area contributed by atoms with Crippen LogP contribution in [0, 0.1) is 0 Å². The van der Waals surface area contributed by atoms with E-state index < -0.39 is 0 Å². The Morgan fingerprint density at radius 3 is 1.62 bits per heavy atom. The summed E-state index contributed by atoms with van der Waals surface area (Å²) in [6.45, 7) is 8.77. The predicted molar refractivity (Wildman–Crippen MR) is 62.6 cm³/mol. The van der Waals surface area contributed by atoms with E-state index in [1.807, 2.05) is 13.8 Å². The van der Waals surface area contributed by atoms with E-state index in [1.165, 1.54) is 0 Å². The van der Waals surface area contributed by atoms with Gasteiger partial charge in [0.05, 0.1) is 52.4 Å². The van der Waals surface area contributed by atoms with Gasteiger partial charge in [-0.25, -0.2) is 0 Å². The van der Waals surface area contributed by atoms with Crippen LogP contribution in [0.5, 0.6) is 0 Å². The van der Waals surface area contributed by atoms with Gasteiger partial charge in [-0.15, -0.1) is 0 Å². The van der Waals surface area contributed by atoms with E-state index in [2.05, 4.69) is 0 Å². The summed E-state index contributed by atoms with van der Waals surface area (Å²) < 4.78 is 21.0. The molecule has 0 aliphatic rings. The third kappa shape index (κ3) is 13.8. The second kappa shape index (κ2) is 12.9. The van der Waals surface area contributed by atoms with Crippen molar-refractivity contribution in [3.05, 3.63) is 0 Å². The highest BCUT2D eigenvalue weighted by Gasteiger charge is 1.93. The average molecular weight is 235 g/mol. The topological polar surface area (TPSA) is 62.9 Å². The van der Waals surface area contributed by atoms with Gasteiger partial charge in [0.1, 0.15) is 0 Å². The SMILES string of the molecule is CC(C)OCCOCCOCCOCCN.